The third kappa shape index (κ3) is 3.11. The predicted octanol–water partition coefficient (Wildman–Crippen LogP) is 2.02. The molecule has 1 aromatic rings. The third-order valence-electron chi connectivity index (χ3n) is 1.72. The van der Waals surface area contributed by atoms with Crippen molar-refractivity contribution in [3.8, 4) is 6.07 Å². The number of ether oxygens (including phenoxy) is 1. The van der Waals surface area contributed by atoms with Crippen LogP contribution in [0.25, 0.3) is 0 Å². The molecule has 1 unspecified atom stereocenters. The van der Waals surface area contributed by atoms with Crippen molar-refractivity contribution in [3.05, 3.63) is 21.9 Å². The van der Waals surface area contributed by atoms with Gasteiger partial charge in [-0.05, 0) is 25.5 Å². The molecule has 0 saturated heterocycles. The van der Waals surface area contributed by atoms with Gasteiger partial charge in [-0.15, -0.1) is 11.3 Å². The average molecular weight is 211 g/mol. The first-order valence-electron chi connectivity index (χ1n) is 4.46. The van der Waals surface area contributed by atoms with Gasteiger partial charge in [0.2, 0.25) is 0 Å². The minimum Gasteiger partial charge on any atom is -0.396 e. The van der Waals surface area contributed by atoms with Gasteiger partial charge in [0.05, 0.1) is 6.61 Å². The Hall–Kier alpha value is -0.890. The van der Waals surface area contributed by atoms with Crippen molar-refractivity contribution in [1.82, 2.24) is 0 Å². The zero-order valence-electron chi connectivity index (χ0n) is 8.06. The van der Waals surface area contributed by atoms with Crippen LogP contribution in [-0.2, 0) is 4.74 Å². The maximum atomic E-state index is 8.86. The normalized spacial score (nSPS) is 12.4. The van der Waals surface area contributed by atoms with Gasteiger partial charge in [-0.3, -0.25) is 0 Å². The summed E-state index contributed by atoms with van der Waals surface area (Å²) in [6, 6.07) is 5.98. The molecule has 1 heterocycles. The van der Waals surface area contributed by atoms with Crippen molar-refractivity contribution in [1.29, 1.82) is 5.26 Å². The molecule has 1 N–H and O–H groups in total. The van der Waals surface area contributed by atoms with Gasteiger partial charge in [-0.1, -0.05) is 0 Å². The van der Waals surface area contributed by atoms with Crippen molar-refractivity contribution in [2.24, 2.45) is 0 Å². The monoisotopic (exact) mass is 211 g/mol. The molecule has 0 aliphatic rings. The highest BCUT2D eigenvalue weighted by molar-refractivity contribution is 7.12. The minimum absolute atomic E-state index is 0.0988. The van der Waals surface area contributed by atoms with Gasteiger partial charge in [0.25, 0.3) is 0 Å². The Morgan fingerprint density at radius 1 is 1.64 bits per heavy atom. The highest BCUT2D eigenvalue weighted by atomic mass is 32.1. The molecule has 0 fully saturated rings. The third-order valence-corrected chi connectivity index (χ3v) is 2.77. The lowest BCUT2D eigenvalue weighted by Gasteiger charge is -2.07. The Labute approximate surface area is 87.6 Å². The van der Waals surface area contributed by atoms with E-state index in [1.807, 2.05) is 19.1 Å². The first-order chi connectivity index (χ1) is 6.77. The van der Waals surface area contributed by atoms with Crippen LogP contribution in [-0.4, -0.2) is 18.3 Å². The van der Waals surface area contributed by atoms with Crippen LogP contribution in [0.3, 0.4) is 0 Å². The van der Waals surface area contributed by atoms with Gasteiger partial charge in [-0.2, -0.15) is 5.26 Å². The fourth-order valence-electron chi connectivity index (χ4n) is 1.04. The van der Waals surface area contributed by atoms with Crippen LogP contribution in [0.1, 0.15) is 22.3 Å². The molecule has 0 aliphatic heterocycles. The molecule has 3 nitrogen and oxygen atoms in total. The van der Waals surface area contributed by atoms with E-state index < -0.39 is 6.10 Å². The second-order valence-corrected chi connectivity index (χ2v) is 4.22. The lowest BCUT2D eigenvalue weighted by molar-refractivity contribution is 0.0794. The lowest BCUT2D eigenvalue weighted by atomic mass is 10.3. The van der Waals surface area contributed by atoms with Gasteiger partial charge in [0.1, 0.15) is 6.07 Å². The van der Waals surface area contributed by atoms with Crippen molar-refractivity contribution < 1.29 is 9.84 Å². The topological polar surface area (TPSA) is 53.2 Å². The van der Waals surface area contributed by atoms with Gasteiger partial charge < -0.3 is 9.84 Å². The Balaban J connectivity index is 2.51. The standard InChI is InChI=1S/C10H13NO2S/c1-8-3-4-10(14-8)9(7-11)13-6-2-5-12/h3-4,9,12H,2,5-6H2,1H3. The predicted molar refractivity (Wildman–Crippen MR) is 55.1 cm³/mol. The number of hydrogen-bond donors (Lipinski definition) is 1. The first-order valence-corrected chi connectivity index (χ1v) is 5.28. The smallest absolute Gasteiger partial charge is 0.178 e. The van der Waals surface area contributed by atoms with Crippen molar-refractivity contribution in [3.63, 3.8) is 0 Å². The van der Waals surface area contributed by atoms with E-state index in [9.17, 15) is 0 Å². The summed E-state index contributed by atoms with van der Waals surface area (Å²) in [5, 5.41) is 17.4. The molecule has 0 spiro atoms. The van der Waals surface area contributed by atoms with E-state index in [0.29, 0.717) is 13.0 Å². The van der Waals surface area contributed by atoms with Gasteiger partial charge in [0, 0.05) is 16.4 Å². The number of aliphatic hydroxyl groups excluding tert-OH is 1. The molecule has 1 aromatic heterocycles. The van der Waals surface area contributed by atoms with Gasteiger partial charge >= 0.3 is 0 Å². The van der Waals surface area contributed by atoms with Crippen LogP contribution in [0.5, 0.6) is 0 Å². The minimum atomic E-state index is -0.486. The zero-order valence-corrected chi connectivity index (χ0v) is 8.88. The molecular formula is C10H13NO2S. The summed E-state index contributed by atoms with van der Waals surface area (Å²) < 4.78 is 5.32. The summed E-state index contributed by atoms with van der Waals surface area (Å²) in [5.74, 6) is 0. The maximum Gasteiger partial charge on any atom is 0.178 e. The molecule has 0 amide bonds. The molecule has 0 bridgehead atoms. The molecular weight excluding hydrogens is 198 g/mol. The molecule has 0 radical (unpaired) electrons. The molecule has 4 heteroatoms. The molecule has 0 saturated carbocycles. The van der Waals surface area contributed by atoms with E-state index in [0.717, 1.165) is 4.88 Å². The highest BCUT2D eigenvalue weighted by Crippen LogP contribution is 2.24. The summed E-state index contributed by atoms with van der Waals surface area (Å²) in [7, 11) is 0. The Morgan fingerprint density at radius 3 is 2.93 bits per heavy atom. The zero-order chi connectivity index (χ0) is 10.4. The van der Waals surface area contributed by atoms with Crippen LogP contribution in [0.2, 0.25) is 0 Å². The number of aliphatic hydroxyl groups is 1. The average Bonchev–Trinajstić information content (AvgIpc) is 2.60. The largest absolute Gasteiger partial charge is 0.396 e. The number of hydrogen-bond acceptors (Lipinski definition) is 4. The van der Waals surface area contributed by atoms with Crippen LogP contribution in [0, 0.1) is 18.3 Å². The van der Waals surface area contributed by atoms with E-state index >= 15 is 0 Å². The van der Waals surface area contributed by atoms with Crippen molar-refractivity contribution >= 4 is 11.3 Å². The Bertz CT molecular complexity index is 316. The number of aryl methyl sites for hydroxylation is 1. The van der Waals surface area contributed by atoms with Crippen LogP contribution < -0.4 is 0 Å². The fourth-order valence-corrected chi connectivity index (χ4v) is 1.91. The summed E-state index contributed by atoms with van der Waals surface area (Å²) in [5.41, 5.74) is 0. The second-order valence-electron chi connectivity index (χ2n) is 2.91. The second kappa shape index (κ2) is 5.76. The first kappa shape index (κ1) is 11.2. The van der Waals surface area contributed by atoms with E-state index in [1.54, 1.807) is 11.3 Å². The quantitative estimate of drug-likeness (QED) is 0.758. The summed E-state index contributed by atoms with van der Waals surface area (Å²) in [4.78, 5) is 2.11. The Morgan fingerprint density at radius 2 is 2.43 bits per heavy atom. The number of thiophene rings is 1. The number of nitriles is 1. The fraction of sp³-hybridized carbons (Fsp3) is 0.500. The number of nitrogens with zero attached hydrogens (tertiary/aromatic N) is 1. The molecule has 1 atom stereocenters. The summed E-state index contributed by atoms with van der Waals surface area (Å²) in [6.45, 7) is 2.52. The van der Waals surface area contributed by atoms with E-state index in [4.69, 9.17) is 15.1 Å². The molecule has 76 valence electrons. The van der Waals surface area contributed by atoms with Crippen molar-refractivity contribution in [2.45, 2.75) is 19.4 Å². The Kier molecular flexibility index (Phi) is 4.60. The lowest BCUT2D eigenvalue weighted by Crippen LogP contribution is -2.02. The molecule has 14 heavy (non-hydrogen) atoms. The molecule has 1 rings (SSSR count). The van der Waals surface area contributed by atoms with E-state index in [1.165, 1.54) is 4.88 Å². The molecule has 0 aromatic carbocycles. The SMILES string of the molecule is Cc1ccc(C(C#N)OCCCO)s1. The van der Waals surface area contributed by atoms with Crippen LogP contribution >= 0.6 is 11.3 Å². The molecule has 0 aliphatic carbocycles. The van der Waals surface area contributed by atoms with Gasteiger partial charge in [-0.25, -0.2) is 0 Å². The summed E-state index contributed by atoms with van der Waals surface area (Å²) in [6.07, 6.45) is 0.0861. The van der Waals surface area contributed by atoms with Crippen molar-refractivity contribution in [2.75, 3.05) is 13.2 Å². The highest BCUT2D eigenvalue weighted by Gasteiger charge is 2.12. The number of rotatable bonds is 5. The van der Waals surface area contributed by atoms with Crippen LogP contribution in [0.4, 0.5) is 0 Å². The van der Waals surface area contributed by atoms with E-state index in [2.05, 4.69) is 6.07 Å². The summed E-state index contributed by atoms with van der Waals surface area (Å²) >= 11 is 1.57. The maximum absolute atomic E-state index is 8.86. The van der Waals surface area contributed by atoms with Crippen LogP contribution in [0.15, 0.2) is 12.1 Å². The van der Waals surface area contributed by atoms with E-state index in [-0.39, 0.29) is 6.61 Å². The van der Waals surface area contributed by atoms with Gasteiger partial charge in [0.15, 0.2) is 6.10 Å².